The summed E-state index contributed by atoms with van der Waals surface area (Å²) in [5.41, 5.74) is 4.27. The van der Waals surface area contributed by atoms with E-state index in [0.29, 0.717) is 12.4 Å². The molecule has 192 valence electrons. The molecule has 0 aliphatic carbocycles. The van der Waals surface area contributed by atoms with Gasteiger partial charge in [-0.25, -0.2) is 4.79 Å². The van der Waals surface area contributed by atoms with E-state index in [1.807, 2.05) is 61.2 Å². The third-order valence-corrected chi connectivity index (χ3v) is 9.04. The van der Waals surface area contributed by atoms with Crippen LogP contribution in [0.1, 0.15) is 30.5 Å². The van der Waals surface area contributed by atoms with E-state index in [0.717, 1.165) is 58.8 Å². The van der Waals surface area contributed by atoms with Gasteiger partial charge in [0.25, 0.3) is 0 Å². The van der Waals surface area contributed by atoms with Crippen LogP contribution in [0.5, 0.6) is 0 Å². The average Bonchev–Trinajstić information content (AvgIpc) is 3.16. The number of cyclic esters (lactones) is 1. The molecule has 2 atom stereocenters. The van der Waals surface area contributed by atoms with Crippen molar-refractivity contribution in [2.45, 2.75) is 49.8 Å². The van der Waals surface area contributed by atoms with E-state index in [2.05, 4.69) is 40.4 Å². The molecule has 1 saturated heterocycles. The molecule has 0 radical (unpaired) electrons. The molecule has 0 bridgehead atoms. The summed E-state index contributed by atoms with van der Waals surface area (Å²) >= 11 is 9.59. The number of aromatic nitrogens is 2. The van der Waals surface area contributed by atoms with Gasteiger partial charge in [0.05, 0.1) is 35.7 Å². The quantitative estimate of drug-likeness (QED) is 0.148. The standard InChI is InChI=1S/C27H33ClN4O2S2/c1-19-23(17-30-21-15-20-7-3-4-8-22(20)31-16-21)29-12-10-26(19)36-14-6-13-35-18-25-24(9-5-11-28)32(2)27(33)34-25/h3-4,7-8,10,12,15-16,24-25,30H,5-6,9,11,13-14,17-18H2,1-2H3. The maximum Gasteiger partial charge on any atom is 0.410 e. The van der Waals surface area contributed by atoms with Crippen molar-refractivity contribution in [2.24, 2.45) is 0 Å². The molecule has 1 amide bonds. The molecule has 2 aromatic heterocycles. The number of halogens is 1. The van der Waals surface area contributed by atoms with Gasteiger partial charge >= 0.3 is 6.09 Å². The van der Waals surface area contributed by atoms with Crippen molar-refractivity contribution in [2.75, 3.05) is 35.5 Å². The number of alkyl halides is 1. The lowest BCUT2D eigenvalue weighted by atomic mass is 10.1. The number of anilines is 1. The first-order valence-corrected chi connectivity index (χ1v) is 15.0. The molecule has 0 spiro atoms. The first-order valence-electron chi connectivity index (χ1n) is 12.3. The number of ether oxygens (including phenoxy) is 1. The number of rotatable bonds is 13. The van der Waals surface area contributed by atoms with Gasteiger partial charge in [-0.05, 0) is 61.5 Å². The van der Waals surface area contributed by atoms with E-state index < -0.39 is 0 Å². The van der Waals surface area contributed by atoms with Gasteiger partial charge in [0.2, 0.25) is 0 Å². The molecule has 0 saturated carbocycles. The zero-order valence-corrected chi connectivity index (χ0v) is 23.2. The summed E-state index contributed by atoms with van der Waals surface area (Å²) < 4.78 is 5.57. The number of pyridine rings is 2. The average molecular weight is 545 g/mol. The molecule has 2 unspecified atom stereocenters. The van der Waals surface area contributed by atoms with Crippen molar-refractivity contribution in [3.8, 4) is 0 Å². The number of fused-ring (bicyclic) bond motifs is 1. The van der Waals surface area contributed by atoms with Crippen molar-refractivity contribution < 1.29 is 9.53 Å². The SMILES string of the molecule is Cc1c(SCCCSCC2OC(=O)N(C)C2CCCCl)ccnc1CNc1cnc2ccccc2c1. The van der Waals surface area contributed by atoms with Gasteiger partial charge in [0.1, 0.15) is 6.10 Å². The highest BCUT2D eigenvalue weighted by atomic mass is 35.5. The van der Waals surface area contributed by atoms with Crippen LogP contribution in [-0.4, -0.2) is 63.3 Å². The molecule has 1 fully saturated rings. The number of hydrogen-bond donors (Lipinski definition) is 1. The Morgan fingerprint density at radius 2 is 2.03 bits per heavy atom. The van der Waals surface area contributed by atoms with Crippen LogP contribution in [-0.2, 0) is 11.3 Å². The highest BCUT2D eigenvalue weighted by Gasteiger charge is 2.38. The van der Waals surface area contributed by atoms with Gasteiger partial charge in [0.15, 0.2) is 0 Å². The Labute approximate surface area is 226 Å². The molecule has 36 heavy (non-hydrogen) atoms. The number of benzene rings is 1. The number of thioether (sulfide) groups is 2. The summed E-state index contributed by atoms with van der Waals surface area (Å²) in [6, 6.07) is 12.5. The van der Waals surface area contributed by atoms with Crippen LogP contribution in [0.2, 0.25) is 0 Å². The lowest BCUT2D eigenvalue weighted by molar-refractivity contribution is 0.139. The summed E-state index contributed by atoms with van der Waals surface area (Å²) in [6.45, 7) is 2.81. The molecule has 1 aliphatic rings. The molecule has 3 aromatic rings. The van der Waals surface area contributed by atoms with Crippen LogP contribution in [0.4, 0.5) is 10.5 Å². The fourth-order valence-corrected chi connectivity index (χ4v) is 6.65. The monoisotopic (exact) mass is 544 g/mol. The van der Waals surface area contributed by atoms with Crippen molar-refractivity contribution in [3.05, 3.63) is 60.0 Å². The van der Waals surface area contributed by atoms with Gasteiger partial charge in [-0.3, -0.25) is 9.97 Å². The van der Waals surface area contributed by atoms with Crippen molar-refractivity contribution >= 4 is 57.8 Å². The minimum absolute atomic E-state index is 0.0429. The van der Waals surface area contributed by atoms with Crippen LogP contribution in [0.3, 0.4) is 0 Å². The molecule has 9 heteroatoms. The topological polar surface area (TPSA) is 67.3 Å². The van der Waals surface area contributed by atoms with Gasteiger partial charge in [0, 0.05) is 35.2 Å². The fraction of sp³-hybridized carbons (Fsp3) is 0.444. The van der Waals surface area contributed by atoms with Gasteiger partial charge in [-0.1, -0.05) is 18.2 Å². The summed E-state index contributed by atoms with van der Waals surface area (Å²) in [5, 5.41) is 4.59. The van der Waals surface area contributed by atoms with E-state index in [1.54, 1.807) is 4.90 Å². The second kappa shape index (κ2) is 13.4. The first-order chi connectivity index (χ1) is 17.6. The van der Waals surface area contributed by atoms with E-state index in [-0.39, 0.29) is 18.2 Å². The maximum atomic E-state index is 11.9. The van der Waals surface area contributed by atoms with E-state index >= 15 is 0 Å². The number of nitrogens with zero attached hydrogens (tertiary/aromatic N) is 3. The predicted molar refractivity (Wildman–Crippen MR) is 152 cm³/mol. The van der Waals surface area contributed by atoms with Crippen molar-refractivity contribution in [3.63, 3.8) is 0 Å². The first kappa shape index (κ1) is 26.9. The number of hydrogen-bond acceptors (Lipinski definition) is 7. The minimum atomic E-state index is -0.217. The van der Waals surface area contributed by atoms with Crippen LogP contribution >= 0.6 is 35.1 Å². The van der Waals surface area contributed by atoms with Gasteiger partial charge in [-0.2, -0.15) is 11.8 Å². The number of carbonyl (C=O) groups is 1. The van der Waals surface area contributed by atoms with Gasteiger partial charge < -0.3 is 15.0 Å². The Hall–Kier alpha value is -2.16. The van der Waals surface area contributed by atoms with E-state index in [4.69, 9.17) is 16.3 Å². The molecule has 1 N–H and O–H groups in total. The molecular weight excluding hydrogens is 512 g/mol. The van der Waals surface area contributed by atoms with E-state index in [1.165, 1.54) is 10.5 Å². The molecule has 1 aromatic carbocycles. The summed E-state index contributed by atoms with van der Waals surface area (Å²) in [4.78, 5) is 24.1. The Balaban J connectivity index is 1.20. The van der Waals surface area contributed by atoms with Crippen LogP contribution in [0.15, 0.2) is 53.7 Å². The molecule has 6 nitrogen and oxygen atoms in total. The number of nitrogens with one attached hydrogen (secondary N) is 1. The summed E-state index contributed by atoms with van der Waals surface area (Å²) in [6.07, 6.45) is 6.39. The number of para-hydroxylation sites is 1. The Morgan fingerprint density at radius 1 is 1.17 bits per heavy atom. The molecule has 1 aliphatic heterocycles. The Morgan fingerprint density at radius 3 is 2.89 bits per heavy atom. The second-order valence-corrected chi connectivity index (χ2v) is 11.5. The smallest absolute Gasteiger partial charge is 0.410 e. The van der Waals surface area contributed by atoms with Crippen molar-refractivity contribution in [1.82, 2.24) is 14.9 Å². The predicted octanol–water partition coefficient (Wildman–Crippen LogP) is 6.60. The van der Waals surface area contributed by atoms with Gasteiger partial charge in [-0.15, -0.1) is 23.4 Å². The normalized spacial score (nSPS) is 17.5. The third kappa shape index (κ3) is 6.99. The second-order valence-electron chi connectivity index (χ2n) is 8.86. The molecule has 4 rings (SSSR count). The third-order valence-electron chi connectivity index (χ3n) is 6.38. The summed E-state index contributed by atoms with van der Waals surface area (Å²) in [7, 11) is 1.82. The summed E-state index contributed by atoms with van der Waals surface area (Å²) in [5.74, 6) is 3.53. The van der Waals surface area contributed by atoms with Crippen LogP contribution < -0.4 is 5.32 Å². The maximum absolute atomic E-state index is 11.9. The molecular formula is C27H33ClN4O2S2. The van der Waals surface area contributed by atoms with Crippen LogP contribution in [0.25, 0.3) is 10.9 Å². The zero-order valence-electron chi connectivity index (χ0n) is 20.8. The Kier molecular flexibility index (Phi) is 10.0. The van der Waals surface area contributed by atoms with E-state index in [9.17, 15) is 4.79 Å². The lowest BCUT2D eigenvalue weighted by Gasteiger charge is -2.20. The number of likely N-dealkylation sites (N-methyl/N-ethyl adjacent to an activating group) is 1. The fourth-order valence-electron chi connectivity index (χ4n) is 4.28. The number of carbonyl (C=O) groups excluding carboxylic acids is 1. The highest BCUT2D eigenvalue weighted by Crippen LogP contribution is 2.28. The lowest BCUT2D eigenvalue weighted by Crippen LogP contribution is -2.34. The molecule has 3 heterocycles. The minimum Gasteiger partial charge on any atom is -0.443 e. The largest absolute Gasteiger partial charge is 0.443 e. The highest BCUT2D eigenvalue weighted by molar-refractivity contribution is 8.00. The Bertz CT molecular complexity index is 1170. The zero-order chi connectivity index (χ0) is 25.3. The van der Waals surface area contributed by atoms with Crippen molar-refractivity contribution in [1.29, 1.82) is 0 Å². The van der Waals surface area contributed by atoms with Crippen LogP contribution in [0, 0.1) is 6.92 Å². The number of amides is 1.